The van der Waals surface area contributed by atoms with Crippen LogP contribution < -0.4 is 4.74 Å². The average Bonchev–Trinajstić information content (AvgIpc) is 3.35. The van der Waals surface area contributed by atoms with Crippen molar-refractivity contribution in [3.8, 4) is 5.75 Å². The smallest absolute Gasteiger partial charge is 0.290 e. The van der Waals surface area contributed by atoms with E-state index in [9.17, 15) is 14.7 Å². The van der Waals surface area contributed by atoms with Gasteiger partial charge in [-0.15, -0.1) is 11.3 Å². The molecule has 2 aliphatic rings. The highest BCUT2D eigenvalue weighted by Gasteiger charge is 2.44. The number of aliphatic hydroxyl groups excluding tert-OH is 1. The molecule has 1 saturated heterocycles. The van der Waals surface area contributed by atoms with Crippen molar-refractivity contribution in [2.24, 2.45) is 0 Å². The van der Waals surface area contributed by atoms with Crippen molar-refractivity contribution in [2.75, 3.05) is 46.0 Å². The van der Waals surface area contributed by atoms with Gasteiger partial charge in [0.1, 0.15) is 5.75 Å². The molecule has 1 unspecified atom stereocenters. The van der Waals surface area contributed by atoms with Crippen LogP contribution in [0.1, 0.15) is 58.2 Å². The number of hydrogen-bond donors (Lipinski definition) is 1. The fourth-order valence-electron chi connectivity index (χ4n) is 4.70. The Morgan fingerprint density at radius 1 is 1.17 bits per heavy atom. The van der Waals surface area contributed by atoms with Gasteiger partial charge < -0.3 is 19.5 Å². The van der Waals surface area contributed by atoms with Crippen LogP contribution in [0.15, 0.2) is 35.6 Å². The number of aryl methyl sites for hydroxylation is 2. The Kier molecular flexibility index (Phi) is 8.77. The second-order valence-corrected chi connectivity index (χ2v) is 10.4. The van der Waals surface area contributed by atoms with Gasteiger partial charge in [-0.3, -0.25) is 14.5 Å². The molecule has 2 aliphatic heterocycles. The number of aromatic nitrogens is 1. The monoisotopic (exact) mass is 513 g/mol. The minimum Gasteiger partial charge on any atom is -0.503 e. The zero-order valence-corrected chi connectivity index (χ0v) is 22.1. The van der Waals surface area contributed by atoms with E-state index in [1.54, 1.807) is 11.8 Å². The first-order valence-electron chi connectivity index (χ1n) is 12.7. The summed E-state index contributed by atoms with van der Waals surface area (Å²) in [5.74, 6) is -0.573. The molecular weight excluding hydrogens is 478 g/mol. The van der Waals surface area contributed by atoms with E-state index in [1.165, 1.54) is 11.3 Å². The molecule has 1 N–H and O–H groups in total. The van der Waals surface area contributed by atoms with Crippen LogP contribution >= 0.6 is 11.3 Å². The molecule has 2 aromatic rings. The van der Waals surface area contributed by atoms with Gasteiger partial charge in [0.15, 0.2) is 5.76 Å². The Morgan fingerprint density at radius 3 is 2.53 bits per heavy atom. The first-order valence-corrected chi connectivity index (χ1v) is 13.5. The van der Waals surface area contributed by atoms with E-state index >= 15 is 0 Å². The predicted molar refractivity (Wildman–Crippen MR) is 139 cm³/mol. The second kappa shape index (κ2) is 12.0. The normalized spacial score (nSPS) is 18.8. The summed E-state index contributed by atoms with van der Waals surface area (Å²) in [5, 5.41) is 11.7. The Labute approximate surface area is 216 Å². The van der Waals surface area contributed by atoms with Crippen LogP contribution in [0, 0.1) is 13.8 Å². The molecule has 1 aromatic carbocycles. The first-order chi connectivity index (χ1) is 17.4. The topological polar surface area (TPSA) is 92.2 Å². The molecule has 0 radical (unpaired) electrons. The van der Waals surface area contributed by atoms with Crippen LogP contribution in [0.2, 0.25) is 0 Å². The molecule has 3 heterocycles. The van der Waals surface area contributed by atoms with E-state index in [1.807, 2.05) is 31.2 Å². The molecule has 1 atom stereocenters. The Bertz CT molecular complexity index is 1110. The molecule has 8 nitrogen and oxygen atoms in total. The van der Waals surface area contributed by atoms with Crippen molar-refractivity contribution in [2.45, 2.75) is 46.1 Å². The van der Waals surface area contributed by atoms with Gasteiger partial charge in [-0.25, -0.2) is 4.98 Å². The number of carbonyl (C=O) groups is 2. The Morgan fingerprint density at radius 2 is 1.89 bits per heavy atom. The van der Waals surface area contributed by atoms with Crippen molar-refractivity contribution < 1.29 is 24.2 Å². The average molecular weight is 514 g/mol. The van der Waals surface area contributed by atoms with Gasteiger partial charge in [0.05, 0.1) is 47.0 Å². The fourth-order valence-corrected chi connectivity index (χ4v) is 5.57. The minimum absolute atomic E-state index is 0.123. The van der Waals surface area contributed by atoms with Crippen LogP contribution in [-0.4, -0.2) is 77.6 Å². The molecule has 0 saturated carbocycles. The maximum absolute atomic E-state index is 13.7. The third kappa shape index (κ3) is 5.79. The minimum atomic E-state index is -0.666. The Balaban J connectivity index is 1.60. The second-order valence-electron chi connectivity index (χ2n) is 9.22. The molecule has 36 heavy (non-hydrogen) atoms. The van der Waals surface area contributed by atoms with E-state index < -0.39 is 17.7 Å². The lowest BCUT2D eigenvalue weighted by atomic mass is 9.95. The number of rotatable bonds is 11. The van der Waals surface area contributed by atoms with Gasteiger partial charge in [-0.05, 0) is 44.4 Å². The fraction of sp³-hybridized carbons (Fsp3) is 0.519. The molecule has 194 valence electrons. The van der Waals surface area contributed by atoms with Crippen LogP contribution in [0.5, 0.6) is 5.75 Å². The molecule has 0 spiro atoms. The highest BCUT2D eigenvalue weighted by molar-refractivity contribution is 7.14. The maximum Gasteiger partial charge on any atom is 0.290 e. The van der Waals surface area contributed by atoms with Gasteiger partial charge >= 0.3 is 0 Å². The summed E-state index contributed by atoms with van der Waals surface area (Å²) in [7, 11) is 0. The number of thiazole rings is 1. The van der Waals surface area contributed by atoms with Crippen LogP contribution in [0.25, 0.3) is 0 Å². The quantitative estimate of drug-likeness (QED) is 0.355. The summed E-state index contributed by atoms with van der Waals surface area (Å²) in [6, 6.07) is 6.82. The number of hydrogen-bond acceptors (Lipinski definition) is 8. The molecular formula is C27H35N3O5S. The van der Waals surface area contributed by atoms with Gasteiger partial charge in [0, 0.05) is 26.2 Å². The molecule has 4 rings (SSSR count). The maximum atomic E-state index is 13.7. The highest BCUT2D eigenvalue weighted by Crippen LogP contribution is 2.40. The van der Waals surface area contributed by atoms with Gasteiger partial charge in [0.2, 0.25) is 5.78 Å². The van der Waals surface area contributed by atoms with E-state index in [0.29, 0.717) is 36.9 Å². The summed E-state index contributed by atoms with van der Waals surface area (Å²) in [6.45, 7) is 10.8. The summed E-state index contributed by atoms with van der Waals surface area (Å²) < 4.78 is 11.2. The third-order valence-electron chi connectivity index (χ3n) is 6.60. The molecule has 9 heteroatoms. The van der Waals surface area contributed by atoms with Crippen LogP contribution in [0.3, 0.4) is 0 Å². The first kappa shape index (κ1) is 26.3. The van der Waals surface area contributed by atoms with Gasteiger partial charge in [-0.2, -0.15) is 0 Å². The third-order valence-corrected chi connectivity index (χ3v) is 7.67. The number of ether oxygens (including phenoxy) is 2. The zero-order valence-electron chi connectivity index (χ0n) is 21.3. The molecule has 1 amide bonds. The van der Waals surface area contributed by atoms with Crippen molar-refractivity contribution in [1.82, 2.24) is 14.8 Å². The van der Waals surface area contributed by atoms with Crippen LogP contribution in [-0.2, 0) is 9.53 Å². The van der Waals surface area contributed by atoms with Crippen molar-refractivity contribution in [1.29, 1.82) is 0 Å². The van der Waals surface area contributed by atoms with E-state index in [0.717, 1.165) is 55.2 Å². The number of amides is 1. The number of morpholine rings is 1. The highest BCUT2D eigenvalue weighted by atomic mass is 32.1. The van der Waals surface area contributed by atoms with E-state index in [2.05, 4.69) is 16.8 Å². The van der Waals surface area contributed by atoms with Crippen molar-refractivity contribution in [3.63, 3.8) is 0 Å². The van der Waals surface area contributed by atoms with E-state index in [-0.39, 0.29) is 11.4 Å². The summed E-state index contributed by atoms with van der Waals surface area (Å²) in [5.41, 5.74) is 1.50. The summed E-state index contributed by atoms with van der Waals surface area (Å²) in [6.07, 6.45) is 2.75. The van der Waals surface area contributed by atoms with Crippen molar-refractivity contribution in [3.05, 3.63) is 56.7 Å². The summed E-state index contributed by atoms with van der Waals surface area (Å²) in [4.78, 5) is 35.7. The van der Waals surface area contributed by atoms with Gasteiger partial charge in [0.25, 0.3) is 5.91 Å². The number of nitrogens with zero attached hydrogens (tertiary/aromatic N) is 3. The Hall–Kier alpha value is -2.75. The van der Waals surface area contributed by atoms with Gasteiger partial charge in [-0.1, -0.05) is 25.5 Å². The molecule has 1 fully saturated rings. The van der Waals surface area contributed by atoms with Crippen molar-refractivity contribution >= 4 is 23.0 Å². The molecule has 0 bridgehead atoms. The molecule has 0 aliphatic carbocycles. The standard InChI is InChI=1S/C27H35N3O5S/c1-4-5-15-35-21-9-7-20(8-10-21)23-22(24(31)26-18(2)28-19(3)36-26)25(32)27(33)30(23)12-6-11-29-13-16-34-17-14-29/h7-10,23,32H,4-6,11-17H2,1-3H3. The summed E-state index contributed by atoms with van der Waals surface area (Å²) >= 11 is 1.29. The van der Waals surface area contributed by atoms with Crippen LogP contribution in [0.4, 0.5) is 0 Å². The number of Topliss-reactive ketones (excluding diaryl/α,β-unsaturated/α-hetero) is 1. The predicted octanol–water partition coefficient (Wildman–Crippen LogP) is 4.24. The SMILES string of the molecule is CCCCOc1ccc(C2C(C(=O)c3sc(C)nc3C)=C(O)C(=O)N2CCCN2CCOCC2)cc1. The lowest BCUT2D eigenvalue weighted by Crippen LogP contribution is -2.39. The molecule has 1 aromatic heterocycles. The lowest BCUT2D eigenvalue weighted by Gasteiger charge is -2.30. The number of ketones is 1. The number of unbranched alkanes of at least 4 members (excludes halogenated alkanes) is 1. The number of carbonyl (C=O) groups excluding carboxylic acids is 2. The zero-order chi connectivity index (χ0) is 25.7. The number of aliphatic hydroxyl groups is 1. The lowest BCUT2D eigenvalue weighted by molar-refractivity contribution is -0.129. The van der Waals surface area contributed by atoms with E-state index in [4.69, 9.17) is 9.47 Å². The number of benzene rings is 1. The largest absolute Gasteiger partial charge is 0.503 e.